The highest BCUT2D eigenvalue weighted by atomic mass is 32.1. The Hall–Kier alpha value is -2.14. The molecule has 1 heterocycles. The minimum Gasteiger partial charge on any atom is -0.495 e. The van der Waals surface area contributed by atoms with Crippen molar-refractivity contribution in [2.45, 2.75) is 0 Å². The summed E-state index contributed by atoms with van der Waals surface area (Å²) in [5.41, 5.74) is 7.14. The molecule has 0 radical (unpaired) electrons. The minimum absolute atomic E-state index is 0.287. The third-order valence-corrected chi connectivity index (χ3v) is 2.99. The van der Waals surface area contributed by atoms with E-state index in [0.717, 1.165) is 17.3 Å². The summed E-state index contributed by atoms with van der Waals surface area (Å²) in [6.07, 6.45) is 0. The molecule has 0 spiro atoms. The second-order valence-electron chi connectivity index (χ2n) is 3.98. The summed E-state index contributed by atoms with van der Waals surface area (Å²) in [4.78, 5) is 6.65. The number of aromatic nitrogens is 1. The zero-order valence-electron chi connectivity index (χ0n) is 10.8. The van der Waals surface area contributed by atoms with E-state index in [1.54, 1.807) is 13.2 Å². The van der Waals surface area contributed by atoms with E-state index >= 15 is 0 Å². The standard InChI is InChI=1S/C14H15N3OS/c1-17(11-7-3-4-8-12(11)18-2)13-9-5-6-10(16-13)14(15)19/h3-9H,1-2H3,(H2,15,19). The molecule has 0 fully saturated rings. The second-order valence-corrected chi connectivity index (χ2v) is 4.42. The molecular weight excluding hydrogens is 258 g/mol. The SMILES string of the molecule is COc1ccccc1N(C)c1cccc(C(N)=S)n1. The van der Waals surface area contributed by atoms with Crippen molar-refractivity contribution in [3.63, 3.8) is 0 Å². The van der Waals surface area contributed by atoms with Gasteiger partial charge < -0.3 is 15.4 Å². The van der Waals surface area contributed by atoms with Crippen molar-refractivity contribution in [2.24, 2.45) is 5.73 Å². The first kappa shape index (κ1) is 13.3. The van der Waals surface area contributed by atoms with Gasteiger partial charge in [0.05, 0.1) is 18.5 Å². The number of ether oxygens (including phenoxy) is 1. The summed E-state index contributed by atoms with van der Waals surface area (Å²) in [6.45, 7) is 0. The Bertz CT molecular complexity index is 601. The molecule has 0 amide bonds. The van der Waals surface area contributed by atoms with Crippen LogP contribution in [0, 0.1) is 0 Å². The fraction of sp³-hybridized carbons (Fsp3) is 0.143. The van der Waals surface area contributed by atoms with Gasteiger partial charge in [-0.2, -0.15) is 0 Å². The van der Waals surface area contributed by atoms with E-state index in [-0.39, 0.29) is 4.99 Å². The van der Waals surface area contributed by atoms with Crippen LogP contribution in [-0.4, -0.2) is 24.1 Å². The minimum atomic E-state index is 0.287. The van der Waals surface area contributed by atoms with Crippen LogP contribution in [0.2, 0.25) is 0 Å². The summed E-state index contributed by atoms with van der Waals surface area (Å²) in [5.74, 6) is 1.54. The smallest absolute Gasteiger partial charge is 0.142 e. The predicted molar refractivity (Wildman–Crippen MR) is 81.2 cm³/mol. The van der Waals surface area contributed by atoms with Crippen molar-refractivity contribution in [3.05, 3.63) is 48.2 Å². The van der Waals surface area contributed by atoms with Gasteiger partial charge in [0.15, 0.2) is 0 Å². The average molecular weight is 273 g/mol. The molecule has 1 aromatic carbocycles. The fourth-order valence-corrected chi connectivity index (χ4v) is 1.89. The first-order valence-electron chi connectivity index (χ1n) is 5.77. The lowest BCUT2D eigenvalue weighted by atomic mass is 10.2. The first-order valence-corrected chi connectivity index (χ1v) is 6.18. The van der Waals surface area contributed by atoms with Gasteiger partial charge in [0, 0.05) is 7.05 Å². The van der Waals surface area contributed by atoms with Crippen LogP contribution in [0.5, 0.6) is 5.75 Å². The first-order chi connectivity index (χ1) is 9.13. The highest BCUT2D eigenvalue weighted by molar-refractivity contribution is 7.80. The molecule has 19 heavy (non-hydrogen) atoms. The normalized spacial score (nSPS) is 10.0. The third-order valence-electron chi connectivity index (χ3n) is 2.78. The Morgan fingerprint density at radius 3 is 2.63 bits per heavy atom. The van der Waals surface area contributed by atoms with Gasteiger partial charge in [-0.15, -0.1) is 0 Å². The van der Waals surface area contributed by atoms with Gasteiger partial charge in [-0.1, -0.05) is 30.4 Å². The molecule has 1 aromatic heterocycles. The van der Waals surface area contributed by atoms with Crippen molar-refractivity contribution in [1.82, 2.24) is 4.98 Å². The molecule has 0 saturated carbocycles. The van der Waals surface area contributed by atoms with E-state index in [0.29, 0.717) is 5.69 Å². The molecule has 0 unspecified atom stereocenters. The number of methoxy groups -OCH3 is 1. The molecule has 0 aliphatic heterocycles. The van der Waals surface area contributed by atoms with Crippen LogP contribution in [0.15, 0.2) is 42.5 Å². The molecule has 2 aromatic rings. The van der Waals surface area contributed by atoms with Crippen LogP contribution in [-0.2, 0) is 0 Å². The second kappa shape index (κ2) is 5.67. The highest BCUT2D eigenvalue weighted by Gasteiger charge is 2.11. The quantitative estimate of drug-likeness (QED) is 0.867. The van der Waals surface area contributed by atoms with Crippen LogP contribution < -0.4 is 15.4 Å². The number of hydrogen-bond donors (Lipinski definition) is 1. The molecule has 98 valence electrons. The lowest BCUT2D eigenvalue weighted by Crippen LogP contribution is -2.16. The number of hydrogen-bond acceptors (Lipinski definition) is 4. The molecule has 0 bridgehead atoms. The van der Waals surface area contributed by atoms with E-state index in [9.17, 15) is 0 Å². The Morgan fingerprint density at radius 1 is 1.21 bits per heavy atom. The van der Waals surface area contributed by atoms with E-state index in [1.807, 2.05) is 48.3 Å². The van der Waals surface area contributed by atoms with E-state index in [4.69, 9.17) is 22.7 Å². The number of para-hydroxylation sites is 2. The highest BCUT2D eigenvalue weighted by Crippen LogP contribution is 2.31. The Balaban J connectivity index is 2.41. The van der Waals surface area contributed by atoms with Crippen LogP contribution in [0.1, 0.15) is 5.69 Å². The van der Waals surface area contributed by atoms with Crippen molar-refractivity contribution in [2.75, 3.05) is 19.1 Å². The largest absolute Gasteiger partial charge is 0.495 e. The van der Waals surface area contributed by atoms with Gasteiger partial charge in [-0.3, -0.25) is 0 Å². The van der Waals surface area contributed by atoms with Gasteiger partial charge in [0.1, 0.15) is 16.6 Å². The summed E-state index contributed by atoms with van der Waals surface area (Å²) in [6, 6.07) is 13.3. The maximum atomic E-state index is 5.60. The number of benzene rings is 1. The monoisotopic (exact) mass is 273 g/mol. The molecule has 0 aliphatic rings. The van der Waals surface area contributed by atoms with Crippen molar-refractivity contribution in [1.29, 1.82) is 0 Å². The Labute approximate surface area is 117 Å². The van der Waals surface area contributed by atoms with E-state index < -0.39 is 0 Å². The van der Waals surface area contributed by atoms with Gasteiger partial charge in [-0.05, 0) is 24.3 Å². The molecule has 2 rings (SSSR count). The molecule has 2 N–H and O–H groups in total. The number of nitrogens with zero attached hydrogens (tertiary/aromatic N) is 2. The van der Waals surface area contributed by atoms with Gasteiger partial charge in [-0.25, -0.2) is 4.98 Å². The van der Waals surface area contributed by atoms with Gasteiger partial charge >= 0.3 is 0 Å². The zero-order valence-corrected chi connectivity index (χ0v) is 11.6. The van der Waals surface area contributed by atoms with Crippen molar-refractivity contribution in [3.8, 4) is 5.75 Å². The van der Waals surface area contributed by atoms with Gasteiger partial charge in [0.2, 0.25) is 0 Å². The van der Waals surface area contributed by atoms with Crippen molar-refractivity contribution < 1.29 is 4.74 Å². The number of anilines is 2. The maximum absolute atomic E-state index is 5.60. The van der Waals surface area contributed by atoms with Crippen molar-refractivity contribution >= 4 is 28.7 Å². The topological polar surface area (TPSA) is 51.4 Å². The number of nitrogens with two attached hydrogens (primary N) is 1. The Morgan fingerprint density at radius 2 is 1.95 bits per heavy atom. The third kappa shape index (κ3) is 2.82. The number of thiocarbonyl (C=S) groups is 1. The van der Waals surface area contributed by atoms with E-state index in [1.165, 1.54) is 0 Å². The average Bonchev–Trinajstić information content (AvgIpc) is 2.46. The molecule has 0 saturated heterocycles. The summed E-state index contributed by atoms with van der Waals surface area (Å²) < 4.78 is 5.35. The van der Waals surface area contributed by atoms with E-state index in [2.05, 4.69) is 4.98 Å². The lowest BCUT2D eigenvalue weighted by molar-refractivity contribution is 0.415. The summed E-state index contributed by atoms with van der Waals surface area (Å²) >= 11 is 4.95. The molecule has 4 nitrogen and oxygen atoms in total. The predicted octanol–water partition coefficient (Wildman–Crippen LogP) is 2.49. The number of pyridine rings is 1. The number of rotatable bonds is 4. The van der Waals surface area contributed by atoms with Crippen LogP contribution in [0.4, 0.5) is 11.5 Å². The fourth-order valence-electron chi connectivity index (χ4n) is 1.78. The maximum Gasteiger partial charge on any atom is 0.142 e. The lowest BCUT2D eigenvalue weighted by Gasteiger charge is -2.21. The zero-order chi connectivity index (χ0) is 13.8. The molecule has 0 atom stereocenters. The van der Waals surface area contributed by atoms with Crippen LogP contribution >= 0.6 is 12.2 Å². The molecular formula is C14H15N3OS. The molecule has 5 heteroatoms. The Kier molecular flexibility index (Phi) is 3.97. The van der Waals surface area contributed by atoms with Crippen LogP contribution in [0.3, 0.4) is 0 Å². The van der Waals surface area contributed by atoms with Gasteiger partial charge in [0.25, 0.3) is 0 Å². The molecule has 0 aliphatic carbocycles. The summed E-state index contributed by atoms with van der Waals surface area (Å²) in [5, 5.41) is 0. The summed E-state index contributed by atoms with van der Waals surface area (Å²) in [7, 11) is 3.56. The van der Waals surface area contributed by atoms with Crippen LogP contribution in [0.25, 0.3) is 0 Å².